The number of nitro benzene ring substituents is 1. The predicted octanol–water partition coefficient (Wildman–Crippen LogP) is 1.29. The van der Waals surface area contributed by atoms with Crippen molar-refractivity contribution in [3.8, 4) is 11.5 Å². The van der Waals surface area contributed by atoms with E-state index in [1.54, 1.807) is 13.8 Å². The summed E-state index contributed by atoms with van der Waals surface area (Å²) < 4.78 is 10.7. The minimum atomic E-state index is -0.752. The topological polar surface area (TPSA) is 117 Å². The molecule has 1 aliphatic rings. The van der Waals surface area contributed by atoms with E-state index in [0.717, 1.165) is 0 Å². The summed E-state index contributed by atoms with van der Waals surface area (Å²) in [5, 5.41) is 13.6. The molecule has 1 aromatic rings. The maximum absolute atomic E-state index is 12.0. The average molecular weight is 295 g/mol. The van der Waals surface area contributed by atoms with Crippen LogP contribution in [0.15, 0.2) is 12.1 Å². The Morgan fingerprint density at radius 3 is 2.43 bits per heavy atom. The Hall–Kier alpha value is -2.35. The number of rotatable bonds is 4. The highest BCUT2D eigenvalue weighted by Crippen LogP contribution is 2.39. The van der Waals surface area contributed by atoms with Gasteiger partial charge in [0, 0.05) is 6.07 Å². The molecule has 0 radical (unpaired) electrons. The van der Waals surface area contributed by atoms with Gasteiger partial charge in [-0.2, -0.15) is 0 Å². The van der Waals surface area contributed by atoms with Gasteiger partial charge in [0.05, 0.1) is 17.0 Å². The zero-order chi connectivity index (χ0) is 15.6. The van der Waals surface area contributed by atoms with Gasteiger partial charge >= 0.3 is 0 Å². The van der Waals surface area contributed by atoms with Crippen molar-refractivity contribution in [2.45, 2.75) is 19.9 Å². The Labute approximate surface area is 121 Å². The van der Waals surface area contributed by atoms with Gasteiger partial charge in [-0.15, -0.1) is 0 Å². The maximum atomic E-state index is 12.0. The van der Waals surface area contributed by atoms with E-state index in [4.69, 9.17) is 15.2 Å². The lowest BCUT2D eigenvalue weighted by molar-refractivity contribution is -0.384. The smallest absolute Gasteiger partial charge is 0.296 e. The van der Waals surface area contributed by atoms with Crippen LogP contribution >= 0.6 is 0 Å². The van der Waals surface area contributed by atoms with Crippen molar-refractivity contribution in [3.63, 3.8) is 0 Å². The number of hydrogen-bond acceptors (Lipinski definition) is 6. The Bertz CT molecular complexity index is 573. The molecule has 1 amide bonds. The molecule has 0 spiro atoms. The molecule has 0 fully saturated rings. The number of nitrogens with zero attached hydrogens (tertiary/aromatic N) is 1. The summed E-state index contributed by atoms with van der Waals surface area (Å²) in [7, 11) is 0. The molecule has 3 N–H and O–H groups in total. The van der Waals surface area contributed by atoms with Crippen LogP contribution in [-0.4, -0.2) is 30.1 Å². The number of carbonyl (C=O) groups is 1. The van der Waals surface area contributed by atoms with E-state index >= 15 is 0 Å². The highest BCUT2D eigenvalue weighted by atomic mass is 16.6. The van der Waals surface area contributed by atoms with Gasteiger partial charge < -0.3 is 20.5 Å². The van der Waals surface area contributed by atoms with Crippen LogP contribution < -0.4 is 20.5 Å². The number of benzene rings is 1. The summed E-state index contributed by atoms with van der Waals surface area (Å²) >= 11 is 0. The number of amides is 1. The first-order valence-electron chi connectivity index (χ1n) is 6.54. The van der Waals surface area contributed by atoms with Crippen molar-refractivity contribution in [2.24, 2.45) is 11.7 Å². The Morgan fingerprint density at radius 2 is 1.90 bits per heavy atom. The van der Waals surface area contributed by atoms with E-state index in [2.05, 4.69) is 5.32 Å². The van der Waals surface area contributed by atoms with E-state index in [-0.39, 0.29) is 17.3 Å². The largest absolute Gasteiger partial charge is 0.486 e. The van der Waals surface area contributed by atoms with Crippen LogP contribution in [0, 0.1) is 16.0 Å². The third-order valence-electron chi connectivity index (χ3n) is 3.14. The molecule has 0 aromatic heterocycles. The lowest BCUT2D eigenvalue weighted by atomic mass is 10.0. The summed E-state index contributed by atoms with van der Waals surface area (Å²) in [4.78, 5) is 22.5. The van der Waals surface area contributed by atoms with Crippen molar-refractivity contribution >= 4 is 17.3 Å². The minimum absolute atomic E-state index is 0.0466. The van der Waals surface area contributed by atoms with Crippen molar-refractivity contribution in [3.05, 3.63) is 22.2 Å². The molecule has 0 saturated carbocycles. The highest BCUT2D eigenvalue weighted by Gasteiger charge is 2.25. The monoisotopic (exact) mass is 295 g/mol. The number of ether oxygens (including phenoxy) is 2. The molecule has 8 heteroatoms. The fraction of sp³-hybridized carbons (Fsp3) is 0.462. The summed E-state index contributed by atoms with van der Waals surface area (Å²) in [5.74, 6) is 0.0884. The van der Waals surface area contributed by atoms with Crippen molar-refractivity contribution in [1.29, 1.82) is 0 Å². The van der Waals surface area contributed by atoms with E-state index in [9.17, 15) is 14.9 Å². The molecule has 21 heavy (non-hydrogen) atoms. The second-order valence-electron chi connectivity index (χ2n) is 5.03. The minimum Gasteiger partial charge on any atom is -0.486 e. The van der Waals surface area contributed by atoms with Crippen LogP contribution in [0.4, 0.5) is 11.4 Å². The molecule has 2 rings (SSSR count). The Balaban J connectivity index is 2.33. The summed E-state index contributed by atoms with van der Waals surface area (Å²) in [6.07, 6.45) is 0. The molecule has 0 saturated heterocycles. The third kappa shape index (κ3) is 3.22. The standard InChI is InChI=1S/C13H17N3O5/c1-7(2)12(14)13(17)15-8-5-10-11(21-4-3-20-10)6-9(8)16(18)19/h5-7,12H,3-4,14H2,1-2H3,(H,15,17)/t12-/m1/s1. The molecule has 1 atom stereocenters. The number of anilines is 1. The lowest BCUT2D eigenvalue weighted by Crippen LogP contribution is -2.39. The van der Waals surface area contributed by atoms with Gasteiger partial charge in [0.2, 0.25) is 5.91 Å². The molecule has 114 valence electrons. The fourth-order valence-corrected chi connectivity index (χ4v) is 1.85. The Morgan fingerprint density at radius 1 is 1.33 bits per heavy atom. The van der Waals surface area contributed by atoms with Crippen LogP contribution in [0.5, 0.6) is 11.5 Å². The number of nitrogens with two attached hydrogens (primary N) is 1. The lowest BCUT2D eigenvalue weighted by Gasteiger charge is -2.20. The zero-order valence-electron chi connectivity index (χ0n) is 11.8. The number of carbonyl (C=O) groups excluding carboxylic acids is 1. The third-order valence-corrected chi connectivity index (χ3v) is 3.14. The van der Waals surface area contributed by atoms with Crippen LogP contribution in [0.2, 0.25) is 0 Å². The van der Waals surface area contributed by atoms with Gasteiger partial charge in [-0.25, -0.2) is 0 Å². The zero-order valence-corrected chi connectivity index (χ0v) is 11.8. The quantitative estimate of drug-likeness (QED) is 0.638. The van der Waals surface area contributed by atoms with Crippen LogP contribution in [0.1, 0.15) is 13.8 Å². The number of nitro groups is 1. The van der Waals surface area contributed by atoms with Gasteiger partial charge in [0.1, 0.15) is 18.9 Å². The normalized spacial score (nSPS) is 14.7. The van der Waals surface area contributed by atoms with Crippen molar-refractivity contribution in [2.75, 3.05) is 18.5 Å². The molecule has 8 nitrogen and oxygen atoms in total. The number of nitrogens with one attached hydrogen (secondary N) is 1. The molecular weight excluding hydrogens is 278 g/mol. The second kappa shape index (κ2) is 5.96. The van der Waals surface area contributed by atoms with Crippen LogP contribution in [-0.2, 0) is 4.79 Å². The first-order chi connectivity index (χ1) is 9.90. The summed E-state index contributed by atoms with van der Waals surface area (Å²) in [6, 6.07) is 1.88. The SMILES string of the molecule is CC(C)[C@@H](N)C(=O)Nc1cc2c(cc1[N+](=O)[O-])OCCO2. The van der Waals surface area contributed by atoms with E-state index in [1.165, 1.54) is 12.1 Å². The average Bonchev–Trinajstić information content (AvgIpc) is 2.45. The molecule has 0 unspecified atom stereocenters. The van der Waals surface area contributed by atoms with Crippen LogP contribution in [0.25, 0.3) is 0 Å². The van der Waals surface area contributed by atoms with Gasteiger partial charge in [-0.3, -0.25) is 14.9 Å². The van der Waals surface area contributed by atoms with Gasteiger partial charge in [-0.1, -0.05) is 13.8 Å². The first-order valence-corrected chi connectivity index (χ1v) is 6.54. The first kappa shape index (κ1) is 15.0. The predicted molar refractivity (Wildman–Crippen MR) is 75.5 cm³/mol. The molecule has 0 aliphatic carbocycles. The van der Waals surface area contributed by atoms with Crippen molar-refractivity contribution in [1.82, 2.24) is 0 Å². The van der Waals surface area contributed by atoms with Crippen LogP contribution in [0.3, 0.4) is 0 Å². The van der Waals surface area contributed by atoms with E-state index in [0.29, 0.717) is 24.7 Å². The molecular formula is C13H17N3O5. The highest BCUT2D eigenvalue weighted by molar-refractivity contribution is 5.97. The molecule has 1 aromatic carbocycles. The van der Waals surface area contributed by atoms with Gasteiger partial charge in [0.15, 0.2) is 11.5 Å². The molecule has 1 aliphatic heterocycles. The fourth-order valence-electron chi connectivity index (χ4n) is 1.85. The van der Waals surface area contributed by atoms with E-state index in [1.807, 2.05) is 0 Å². The Kier molecular flexibility index (Phi) is 4.27. The number of hydrogen-bond donors (Lipinski definition) is 2. The summed E-state index contributed by atoms with van der Waals surface area (Å²) in [6.45, 7) is 4.27. The van der Waals surface area contributed by atoms with Gasteiger partial charge in [0.25, 0.3) is 5.69 Å². The molecule has 1 heterocycles. The van der Waals surface area contributed by atoms with E-state index < -0.39 is 16.9 Å². The van der Waals surface area contributed by atoms with Gasteiger partial charge in [-0.05, 0) is 5.92 Å². The second-order valence-corrected chi connectivity index (χ2v) is 5.03. The van der Waals surface area contributed by atoms with Crippen molar-refractivity contribution < 1.29 is 19.2 Å². The maximum Gasteiger partial charge on any atom is 0.296 e. The summed E-state index contributed by atoms with van der Waals surface area (Å²) in [5.41, 5.74) is 5.52. The number of fused-ring (bicyclic) bond motifs is 1. The molecule has 0 bridgehead atoms.